The van der Waals surface area contributed by atoms with Gasteiger partial charge in [0.25, 0.3) is 5.91 Å². The maximum absolute atomic E-state index is 13.5. The van der Waals surface area contributed by atoms with Gasteiger partial charge in [0.15, 0.2) is 0 Å². The van der Waals surface area contributed by atoms with E-state index in [0.717, 1.165) is 0 Å². The van der Waals surface area contributed by atoms with E-state index in [1.54, 1.807) is 82.5 Å². The zero-order valence-corrected chi connectivity index (χ0v) is 21.2. The lowest BCUT2D eigenvalue weighted by molar-refractivity contribution is -0.140. The molecule has 190 valence electrons. The number of thiol groups is 1. The first-order valence-corrected chi connectivity index (χ1v) is 11.7. The maximum atomic E-state index is 13.5. The fourth-order valence-corrected chi connectivity index (χ4v) is 3.55. The van der Waals surface area contributed by atoms with Crippen LogP contribution in [0.3, 0.4) is 0 Å². The zero-order chi connectivity index (χ0) is 26.0. The Bertz CT molecular complexity index is 979. The van der Waals surface area contributed by atoms with E-state index >= 15 is 0 Å². The molecule has 2 aromatic rings. The Morgan fingerprint density at radius 3 is 2.20 bits per heavy atom. The van der Waals surface area contributed by atoms with Crippen LogP contribution in [0.1, 0.15) is 32.4 Å². The van der Waals surface area contributed by atoms with E-state index in [-0.39, 0.29) is 12.3 Å². The van der Waals surface area contributed by atoms with Crippen molar-refractivity contribution in [3.05, 3.63) is 60.2 Å². The molecule has 3 amide bonds. The summed E-state index contributed by atoms with van der Waals surface area (Å²) in [6, 6.07) is 13.3. The molecule has 3 N–H and O–H groups in total. The van der Waals surface area contributed by atoms with Gasteiger partial charge in [0.1, 0.15) is 23.4 Å². The zero-order valence-electron chi connectivity index (χ0n) is 20.4. The molecule has 0 bridgehead atoms. The molecule has 10 heteroatoms. The number of anilines is 1. The Hall–Kier alpha value is -3.24. The van der Waals surface area contributed by atoms with Gasteiger partial charge in [0.05, 0.1) is 13.7 Å². The summed E-state index contributed by atoms with van der Waals surface area (Å²) in [5, 5.41) is 15.1. The number of alkyl carbamates (subject to hydrolysis) is 1. The molecule has 0 spiro atoms. The van der Waals surface area contributed by atoms with Crippen LogP contribution in [0.15, 0.2) is 54.6 Å². The van der Waals surface area contributed by atoms with Crippen LogP contribution in [0.5, 0.6) is 5.75 Å². The lowest BCUT2D eigenvalue weighted by Crippen LogP contribution is -2.53. The molecule has 2 aromatic carbocycles. The molecule has 0 saturated carbocycles. The number of aliphatic hydroxyl groups excluding tert-OH is 1. The van der Waals surface area contributed by atoms with Gasteiger partial charge in [-0.2, -0.15) is 12.6 Å². The molecule has 2 unspecified atom stereocenters. The maximum Gasteiger partial charge on any atom is 0.408 e. The van der Waals surface area contributed by atoms with E-state index < -0.39 is 42.2 Å². The van der Waals surface area contributed by atoms with Gasteiger partial charge in [-0.05, 0) is 50.6 Å². The Balaban J connectivity index is 2.36. The SMILES string of the molecule is COc1ccc(NC(=O)C(c2ccccc2)N(CCO)C(=O)C(CS)NC(=O)OC(C)(C)C)cc1. The number of nitrogens with one attached hydrogen (secondary N) is 2. The molecular formula is C25H33N3O6S. The van der Waals surface area contributed by atoms with E-state index in [1.165, 1.54) is 4.90 Å². The van der Waals surface area contributed by atoms with Crippen LogP contribution in [-0.2, 0) is 14.3 Å². The van der Waals surface area contributed by atoms with E-state index in [1.807, 2.05) is 0 Å². The molecule has 0 heterocycles. The van der Waals surface area contributed by atoms with Crippen LogP contribution in [-0.4, -0.2) is 65.6 Å². The first-order valence-electron chi connectivity index (χ1n) is 11.1. The lowest BCUT2D eigenvalue weighted by atomic mass is 10.0. The largest absolute Gasteiger partial charge is 0.497 e. The lowest BCUT2D eigenvalue weighted by Gasteiger charge is -2.33. The van der Waals surface area contributed by atoms with Crippen molar-refractivity contribution in [1.29, 1.82) is 0 Å². The highest BCUT2D eigenvalue weighted by Crippen LogP contribution is 2.25. The topological polar surface area (TPSA) is 117 Å². The molecule has 0 aliphatic heterocycles. The van der Waals surface area contributed by atoms with Crippen molar-refractivity contribution in [3.63, 3.8) is 0 Å². The number of ether oxygens (including phenoxy) is 2. The minimum atomic E-state index is -1.08. The number of hydrogen-bond acceptors (Lipinski definition) is 7. The first-order chi connectivity index (χ1) is 16.6. The number of hydrogen-bond donors (Lipinski definition) is 4. The summed E-state index contributed by atoms with van der Waals surface area (Å²) in [7, 11) is 1.54. The third-order valence-electron chi connectivity index (χ3n) is 4.83. The van der Waals surface area contributed by atoms with Gasteiger partial charge in [0.2, 0.25) is 5.91 Å². The Morgan fingerprint density at radius 1 is 1.06 bits per heavy atom. The summed E-state index contributed by atoms with van der Waals surface area (Å²) in [5.74, 6) is -0.483. The van der Waals surface area contributed by atoms with Crippen LogP contribution < -0.4 is 15.4 Å². The summed E-state index contributed by atoms with van der Waals surface area (Å²) in [5.41, 5.74) is 0.283. The third-order valence-corrected chi connectivity index (χ3v) is 5.19. The number of benzene rings is 2. The molecule has 0 aliphatic rings. The smallest absolute Gasteiger partial charge is 0.408 e. The number of methoxy groups -OCH3 is 1. The van der Waals surface area contributed by atoms with Gasteiger partial charge >= 0.3 is 6.09 Å². The number of amides is 3. The number of aliphatic hydroxyl groups is 1. The van der Waals surface area contributed by atoms with Crippen LogP contribution in [0.2, 0.25) is 0 Å². The molecule has 9 nitrogen and oxygen atoms in total. The van der Waals surface area contributed by atoms with Gasteiger partial charge in [-0.15, -0.1) is 0 Å². The van der Waals surface area contributed by atoms with Gasteiger partial charge in [-0.3, -0.25) is 9.59 Å². The number of carbonyl (C=O) groups is 3. The van der Waals surface area contributed by atoms with Crippen molar-refractivity contribution in [2.45, 2.75) is 38.5 Å². The van der Waals surface area contributed by atoms with E-state index in [2.05, 4.69) is 23.3 Å². The molecular weight excluding hydrogens is 470 g/mol. The normalized spacial score (nSPS) is 12.7. The molecule has 0 fully saturated rings. The fourth-order valence-electron chi connectivity index (χ4n) is 3.30. The van der Waals surface area contributed by atoms with Gasteiger partial charge < -0.3 is 30.1 Å². The van der Waals surface area contributed by atoms with Crippen LogP contribution in [0, 0.1) is 0 Å². The Kier molecular flexibility index (Phi) is 10.4. The fraction of sp³-hybridized carbons (Fsp3) is 0.400. The van der Waals surface area contributed by atoms with Gasteiger partial charge in [-0.25, -0.2) is 4.79 Å². The molecule has 2 atom stereocenters. The molecule has 35 heavy (non-hydrogen) atoms. The van der Waals surface area contributed by atoms with Gasteiger partial charge in [0, 0.05) is 18.0 Å². The summed E-state index contributed by atoms with van der Waals surface area (Å²) < 4.78 is 10.4. The van der Waals surface area contributed by atoms with Crippen LogP contribution in [0.25, 0.3) is 0 Å². The van der Waals surface area contributed by atoms with E-state index in [4.69, 9.17) is 9.47 Å². The first kappa shape index (κ1) is 28.0. The predicted octanol–water partition coefficient (Wildman–Crippen LogP) is 3.02. The third kappa shape index (κ3) is 8.48. The molecule has 0 saturated heterocycles. The highest BCUT2D eigenvalue weighted by atomic mass is 32.1. The summed E-state index contributed by atoms with van der Waals surface area (Å²) in [6.45, 7) is 4.58. The quantitative estimate of drug-likeness (QED) is 0.370. The van der Waals surface area contributed by atoms with E-state index in [0.29, 0.717) is 17.0 Å². The summed E-state index contributed by atoms with van der Waals surface area (Å²) in [6.07, 6.45) is -0.784. The average Bonchev–Trinajstić information content (AvgIpc) is 2.82. The van der Waals surface area contributed by atoms with Crippen molar-refractivity contribution in [3.8, 4) is 5.75 Å². The van der Waals surface area contributed by atoms with Crippen LogP contribution >= 0.6 is 12.6 Å². The second-order valence-corrected chi connectivity index (χ2v) is 9.03. The van der Waals surface area contributed by atoms with Crippen LogP contribution in [0.4, 0.5) is 10.5 Å². The average molecular weight is 504 g/mol. The number of rotatable bonds is 10. The van der Waals surface area contributed by atoms with Crippen molar-refractivity contribution >= 4 is 36.2 Å². The molecule has 0 aliphatic carbocycles. The Labute approximate surface area is 211 Å². The molecule has 0 radical (unpaired) electrons. The number of carbonyl (C=O) groups excluding carboxylic acids is 3. The van der Waals surface area contributed by atoms with Crippen molar-refractivity contribution in [2.75, 3.05) is 31.3 Å². The summed E-state index contributed by atoms with van der Waals surface area (Å²) in [4.78, 5) is 40.5. The van der Waals surface area contributed by atoms with Gasteiger partial charge in [-0.1, -0.05) is 30.3 Å². The van der Waals surface area contributed by atoms with E-state index in [9.17, 15) is 19.5 Å². The number of nitrogens with zero attached hydrogens (tertiary/aromatic N) is 1. The minimum absolute atomic E-state index is 0.0401. The summed E-state index contributed by atoms with van der Waals surface area (Å²) >= 11 is 4.22. The minimum Gasteiger partial charge on any atom is -0.497 e. The highest BCUT2D eigenvalue weighted by Gasteiger charge is 2.35. The monoisotopic (exact) mass is 503 g/mol. The standard InChI is InChI=1S/C25H33N3O6S/c1-25(2,3)34-24(32)27-20(16-35)23(31)28(14-15-29)21(17-8-6-5-7-9-17)22(30)26-18-10-12-19(33-4)13-11-18/h5-13,20-21,29,35H,14-16H2,1-4H3,(H,26,30)(H,27,32). The van der Waals surface area contributed by atoms with Crippen molar-refractivity contribution < 1.29 is 29.0 Å². The predicted molar refractivity (Wildman–Crippen MR) is 137 cm³/mol. The second kappa shape index (κ2) is 13.0. The molecule has 2 rings (SSSR count). The highest BCUT2D eigenvalue weighted by molar-refractivity contribution is 7.80. The van der Waals surface area contributed by atoms with Crippen molar-refractivity contribution in [2.24, 2.45) is 0 Å². The van der Waals surface area contributed by atoms with Crippen molar-refractivity contribution in [1.82, 2.24) is 10.2 Å². The Morgan fingerprint density at radius 2 is 1.69 bits per heavy atom. The second-order valence-electron chi connectivity index (χ2n) is 8.67. The molecule has 0 aromatic heterocycles.